The second-order valence-electron chi connectivity index (χ2n) is 5.16. The van der Waals surface area contributed by atoms with Crippen molar-refractivity contribution in [1.29, 1.82) is 0 Å². The second-order valence-corrected chi connectivity index (χ2v) is 5.16. The zero-order valence-corrected chi connectivity index (χ0v) is 12.6. The van der Waals surface area contributed by atoms with Gasteiger partial charge in [-0.25, -0.2) is 14.1 Å². The zero-order valence-electron chi connectivity index (χ0n) is 12.6. The van der Waals surface area contributed by atoms with Crippen LogP contribution in [0.15, 0.2) is 61.2 Å². The molecule has 1 amide bonds. The summed E-state index contributed by atoms with van der Waals surface area (Å²) in [4.78, 5) is 16.0. The second kappa shape index (κ2) is 7.01. The van der Waals surface area contributed by atoms with Gasteiger partial charge in [0.1, 0.15) is 18.5 Å². The van der Waals surface area contributed by atoms with Gasteiger partial charge in [-0.1, -0.05) is 12.1 Å². The fourth-order valence-corrected chi connectivity index (χ4v) is 2.20. The molecule has 24 heavy (non-hydrogen) atoms. The molecule has 1 unspecified atom stereocenters. The number of benzene rings is 2. The summed E-state index contributed by atoms with van der Waals surface area (Å²) in [6, 6.07) is 12.3. The lowest BCUT2D eigenvalue weighted by atomic mass is 10.1. The van der Waals surface area contributed by atoms with Crippen molar-refractivity contribution in [2.24, 2.45) is 0 Å². The van der Waals surface area contributed by atoms with Gasteiger partial charge in [-0.05, 0) is 42.0 Å². The van der Waals surface area contributed by atoms with Gasteiger partial charge in [-0.15, -0.1) is 0 Å². The number of hydrogen-bond donors (Lipinski definition) is 2. The summed E-state index contributed by atoms with van der Waals surface area (Å²) in [5.41, 5.74) is 1.79. The van der Waals surface area contributed by atoms with E-state index in [1.54, 1.807) is 35.3 Å². The van der Waals surface area contributed by atoms with E-state index < -0.39 is 6.10 Å². The minimum absolute atomic E-state index is 0.0370. The number of rotatable bonds is 5. The number of nitrogens with zero attached hydrogens (tertiary/aromatic N) is 3. The van der Waals surface area contributed by atoms with Crippen LogP contribution in [0.4, 0.5) is 4.39 Å². The molecule has 3 rings (SSSR count). The fraction of sp³-hybridized carbons (Fsp3) is 0.118. The Morgan fingerprint density at radius 1 is 1.17 bits per heavy atom. The van der Waals surface area contributed by atoms with Crippen molar-refractivity contribution in [2.75, 3.05) is 6.54 Å². The van der Waals surface area contributed by atoms with Gasteiger partial charge < -0.3 is 10.4 Å². The molecule has 0 spiro atoms. The molecule has 0 fully saturated rings. The molecular weight excluding hydrogens is 311 g/mol. The topological polar surface area (TPSA) is 80.0 Å². The van der Waals surface area contributed by atoms with Gasteiger partial charge in [-0.3, -0.25) is 4.79 Å². The van der Waals surface area contributed by atoms with Gasteiger partial charge in [-0.2, -0.15) is 5.10 Å². The van der Waals surface area contributed by atoms with Crippen LogP contribution >= 0.6 is 0 Å². The Bertz CT molecular complexity index is 802. The van der Waals surface area contributed by atoms with Crippen LogP contribution in [-0.2, 0) is 0 Å². The van der Waals surface area contributed by atoms with Gasteiger partial charge in [0.05, 0.1) is 11.8 Å². The fourth-order valence-electron chi connectivity index (χ4n) is 2.20. The van der Waals surface area contributed by atoms with Gasteiger partial charge in [0, 0.05) is 12.1 Å². The highest BCUT2D eigenvalue weighted by Gasteiger charge is 2.11. The Morgan fingerprint density at radius 2 is 1.88 bits per heavy atom. The van der Waals surface area contributed by atoms with E-state index in [2.05, 4.69) is 15.4 Å². The molecule has 7 heteroatoms. The normalized spacial score (nSPS) is 11.9. The molecule has 0 radical (unpaired) electrons. The third-order valence-electron chi connectivity index (χ3n) is 3.52. The molecule has 0 aliphatic heterocycles. The lowest BCUT2D eigenvalue weighted by Crippen LogP contribution is -2.28. The molecule has 2 N–H and O–H groups in total. The maximum atomic E-state index is 12.9. The Morgan fingerprint density at radius 3 is 2.50 bits per heavy atom. The highest BCUT2D eigenvalue weighted by Crippen LogP contribution is 2.13. The molecule has 122 valence electrons. The van der Waals surface area contributed by atoms with Crippen molar-refractivity contribution >= 4 is 5.91 Å². The molecule has 0 saturated carbocycles. The average Bonchev–Trinajstić information content (AvgIpc) is 3.15. The first-order valence-electron chi connectivity index (χ1n) is 7.30. The maximum absolute atomic E-state index is 12.9. The summed E-state index contributed by atoms with van der Waals surface area (Å²) in [6.45, 7) is 0.0370. The summed E-state index contributed by atoms with van der Waals surface area (Å²) in [5.74, 6) is -0.677. The number of aliphatic hydroxyl groups excluding tert-OH is 1. The smallest absolute Gasteiger partial charge is 0.251 e. The highest BCUT2D eigenvalue weighted by molar-refractivity contribution is 5.94. The van der Waals surface area contributed by atoms with Crippen LogP contribution in [-0.4, -0.2) is 32.3 Å². The number of hydrogen-bond acceptors (Lipinski definition) is 4. The van der Waals surface area contributed by atoms with E-state index in [-0.39, 0.29) is 18.3 Å². The molecule has 1 heterocycles. The van der Waals surface area contributed by atoms with Gasteiger partial charge in [0.2, 0.25) is 0 Å². The quantitative estimate of drug-likeness (QED) is 0.750. The summed E-state index contributed by atoms with van der Waals surface area (Å²) in [7, 11) is 0. The van der Waals surface area contributed by atoms with E-state index >= 15 is 0 Å². The number of aliphatic hydroxyl groups is 1. The third kappa shape index (κ3) is 3.64. The van der Waals surface area contributed by atoms with Crippen LogP contribution in [0.2, 0.25) is 0 Å². The summed E-state index contributed by atoms with van der Waals surface area (Å²) >= 11 is 0. The van der Waals surface area contributed by atoms with Crippen LogP contribution in [0.5, 0.6) is 0 Å². The standard InChI is InChI=1S/C17H15FN4O2/c18-14-5-1-12(2-6-14)16(23)9-20-17(24)13-3-7-15(8-4-13)22-11-19-10-21-22/h1-8,10-11,16,23H,9H2,(H,20,24). The molecule has 0 aliphatic rings. The zero-order chi connectivity index (χ0) is 16.9. The van der Waals surface area contributed by atoms with Crippen LogP contribution in [0, 0.1) is 5.82 Å². The van der Waals surface area contributed by atoms with Crippen molar-refractivity contribution in [3.05, 3.63) is 78.1 Å². The van der Waals surface area contributed by atoms with Crippen molar-refractivity contribution in [1.82, 2.24) is 20.1 Å². The number of halogens is 1. The molecule has 2 aromatic carbocycles. The SMILES string of the molecule is O=C(NCC(O)c1ccc(F)cc1)c1ccc(-n2cncn2)cc1. The Kier molecular flexibility index (Phi) is 4.62. The number of aromatic nitrogens is 3. The van der Waals surface area contributed by atoms with E-state index in [1.165, 1.54) is 30.6 Å². The molecule has 6 nitrogen and oxygen atoms in total. The third-order valence-corrected chi connectivity index (χ3v) is 3.52. The van der Waals surface area contributed by atoms with Crippen LogP contribution in [0.25, 0.3) is 5.69 Å². The molecule has 0 saturated heterocycles. The van der Waals surface area contributed by atoms with E-state index in [0.29, 0.717) is 11.1 Å². The Labute approximate surface area is 137 Å². The average molecular weight is 326 g/mol. The van der Waals surface area contributed by atoms with Gasteiger partial charge in [0.15, 0.2) is 0 Å². The summed E-state index contributed by atoms with van der Waals surface area (Å²) in [6.07, 6.45) is 2.09. The lowest BCUT2D eigenvalue weighted by molar-refractivity contribution is 0.0916. The first-order valence-corrected chi connectivity index (χ1v) is 7.30. The monoisotopic (exact) mass is 326 g/mol. The molecule has 3 aromatic rings. The summed E-state index contributed by atoms with van der Waals surface area (Å²) in [5, 5.41) is 16.7. The molecular formula is C17H15FN4O2. The van der Waals surface area contributed by atoms with Crippen LogP contribution in [0.1, 0.15) is 22.0 Å². The van der Waals surface area contributed by atoms with Gasteiger partial charge in [0.25, 0.3) is 5.91 Å². The minimum Gasteiger partial charge on any atom is -0.387 e. The number of nitrogens with one attached hydrogen (secondary N) is 1. The lowest BCUT2D eigenvalue weighted by Gasteiger charge is -2.12. The number of carbonyl (C=O) groups excluding carboxylic acids is 1. The first-order chi connectivity index (χ1) is 11.6. The predicted octanol–water partition coefficient (Wildman–Crippen LogP) is 1.87. The van der Waals surface area contributed by atoms with Crippen molar-refractivity contribution in [3.8, 4) is 5.69 Å². The largest absolute Gasteiger partial charge is 0.387 e. The number of carbonyl (C=O) groups is 1. The minimum atomic E-state index is -0.899. The van der Waals surface area contributed by atoms with E-state index in [4.69, 9.17) is 0 Å². The number of amides is 1. The van der Waals surface area contributed by atoms with Gasteiger partial charge >= 0.3 is 0 Å². The molecule has 0 bridgehead atoms. The predicted molar refractivity (Wildman–Crippen MR) is 85.1 cm³/mol. The van der Waals surface area contributed by atoms with Crippen molar-refractivity contribution < 1.29 is 14.3 Å². The Hall–Kier alpha value is -3.06. The molecule has 1 atom stereocenters. The first kappa shape index (κ1) is 15.8. The van der Waals surface area contributed by atoms with Crippen molar-refractivity contribution in [3.63, 3.8) is 0 Å². The highest BCUT2D eigenvalue weighted by atomic mass is 19.1. The van der Waals surface area contributed by atoms with E-state index in [9.17, 15) is 14.3 Å². The summed E-state index contributed by atoms with van der Waals surface area (Å²) < 4.78 is 14.4. The van der Waals surface area contributed by atoms with E-state index in [1.807, 2.05) is 0 Å². The van der Waals surface area contributed by atoms with Crippen LogP contribution in [0.3, 0.4) is 0 Å². The van der Waals surface area contributed by atoms with Crippen molar-refractivity contribution in [2.45, 2.75) is 6.10 Å². The maximum Gasteiger partial charge on any atom is 0.251 e. The molecule has 1 aromatic heterocycles. The van der Waals surface area contributed by atoms with E-state index in [0.717, 1.165) is 5.69 Å². The Balaban J connectivity index is 1.59. The molecule has 0 aliphatic carbocycles. The van der Waals surface area contributed by atoms with Crippen LogP contribution < -0.4 is 5.32 Å².